The fraction of sp³-hybridized carbons (Fsp3) is 0.583. The van der Waals surface area contributed by atoms with Gasteiger partial charge in [0.15, 0.2) is 0 Å². The van der Waals surface area contributed by atoms with Crippen LogP contribution in [0.3, 0.4) is 0 Å². The van der Waals surface area contributed by atoms with E-state index in [4.69, 9.17) is 0 Å². The van der Waals surface area contributed by atoms with Gasteiger partial charge in [-0.2, -0.15) is 0 Å². The molecule has 1 aromatic heterocycles. The number of amides is 1. The molecule has 17 heavy (non-hydrogen) atoms. The Morgan fingerprint density at radius 1 is 1.65 bits per heavy atom. The number of halogens is 1. The van der Waals surface area contributed by atoms with Gasteiger partial charge in [-0.15, -0.1) is 0 Å². The first kappa shape index (κ1) is 12.6. The number of nitrogens with zero attached hydrogens (tertiary/aromatic N) is 1. The van der Waals surface area contributed by atoms with Gasteiger partial charge in [-0.25, -0.2) is 0 Å². The van der Waals surface area contributed by atoms with Crippen molar-refractivity contribution in [1.29, 1.82) is 0 Å². The second kappa shape index (κ2) is 4.46. The van der Waals surface area contributed by atoms with Gasteiger partial charge in [0.25, 0.3) is 5.91 Å². The van der Waals surface area contributed by atoms with Gasteiger partial charge in [-0.05, 0) is 48.7 Å². The number of rotatable bonds is 2. The molecule has 1 aromatic rings. The van der Waals surface area contributed by atoms with Crippen molar-refractivity contribution in [3.05, 3.63) is 22.4 Å². The van der Waals surface area contributed by atoms with Gasteiger partial charge in [0.1, 0.15) is 5.69 Å². The fourth-order valence-corrected chi connectivity index (χ4v) is 2.73. The summed E-state index contributed by atoms with van der Waals surface area (Å²) in [5.41, 5.74) is -0.288. The Balaban J connectivity index is 2.19. The molecule has 1 unspecified atom stereocenters. The number of hydrogen-bond acceptors (Lipinski definition) is 2. The Kier molecular flexibility index (Phi) is 3.32. The zero-order valence-corrected chi connectivity index (χ0v) is 11.6. The predicted octanol–water partition coefficient (Wildman–Crippen LogP) is 2.15. The van der Waals surface area contributed by atoms with Crippen LogP contribution in [0.25, 0.3) is 0 Å². The van der Waals surface area contributed by atoms with Gasteiger partial charge in [0.05, 0.1) is 11.6 Å². The Hall–Kier alpha value is -0.810. The summed E-state index contributed by atoms with van der Waals surface area (Å²) >= 11 is 3.31. The molecule has 2 heterocycles. The number of hydrogen-bond donors (Lipinski definition) is 2. The molecule has 0 bridgehead atoms. The highest BCUT2D eigenvalue weighted by atomic mass is 79.9. The highest BCUT2D eigenvalue weighted by molar-refractivity contribution is 9.10. The van der Waals surface area contributed by atoms with Crippen LogP contribution < -0.4 is 0 Å². The van der Waals surface area contributed by atoms with Gasteiger partial charge in [-0.3, -0.25) is 4.79 Å². The maximum atomic E-state index is 12.3. The summed E-state index contributed by atoms with van der Waals surface area (Å²) in [7, 11) is 0. The van der Waals surface area contributed by atoms with Gasteiger partial charge in [0.2, 0.25) is 0 Å². The smallest absolute Gasteiger partial charge is 0.270 e. The number of carbonyl (C=O) groups excluding carboxylic acids is 1. The number of likely N-dealkylation sites (tertiary alicyclic amines) is 1. The molecule has 2 rings (SSSR count). The molecule has 1 aliphatic rings. The van der Waals surface area contributed by atoms with Crippen molar-refractivity contribution in [2.24, 2.45) is 0 Å². The van der Waals surface area contributed by atoms with E-state index in [-0.39, 0.29) is 11.9 Å². The van der Waals surface area contributed by atoms with Crippen LogP contribution in [-0.2, 0) is 0 Å². The van der Waals surface area contributed by atoms with Crippen LogP contribution >= 0.6 is 15.9 Å². The molecule has 0 aliphatic carbocycles. The molecule has 1 saturated heterocycles. The first-order valence-corrected chi connectivity index (χ1v) is 6.56. The molecule has 0 aromatic carbocycles. The van der Waals surface area contributed by atoms with E-state index >= 15 is 0 Å². The number of aromatic amines is 1. The second-order valence-corrected chi connectivity index (χ2v) is 5.96. The topological polar surface area (TPSA) is 56.3 Å². The van der Waals surface area contributed by atoms with Crippen LogP contribution in [0.1, 0.15) is 37.2 Å². The molecule has 1 amide bonds. The average molecular weight is 301 g/mol. The maximum absolute atomic E-state index is 12.3. The third-order valence-electron chi connectivity index (χ3n) is 3.21. The fourth-order valence-electron chi connectivity index (χ4n) is 2.39. The molecule has 4 nitrogen and oxygen atoms in total. The minimum atomic E-state index is -0.851. The zero-order chi connectivity index (χ0) is 12.6. The molecule has 5 heteroatoms. The lowest BCUT2D eigenvalue weighted by atomic mass is 9.96. The lowest BCUT2D eigenvalue weighted by Crippen LogP contribution is -2.48. The Bertz CT molecular complexity index is 422. The van der Waals surface area contributed by atoms with E-state index < -0.39 is 5.60 Å². The summed E-state index contributed by atoms with van der Waals surface area (Å²) in [6.07, 6.45) is 3.54. The summed E-state index contributed by atoms with van der Waals surface area (Å²) in [5, 5.41) is 10.1. The monoisotopic (exact) mass is 300 g/mol. The van der Waals surface area contributed by atoms with Crippen LogP contribution in [0.15, 0.2) is 16.7 Å². The van der Waals surface area contributed by atoms with Crippen LogP contribution in [-0.4, -0.2) is 39.1 Å². The summed E-state index contributed by atoms with van der Waals surface area (Å²) in [4.78, 5) is 17.0. The minimum Gasteiger partial charge on any atom is -0.388 e. The second-order valence-electron chi connectivity index (χ2n) is 5.04. The minimum absolute atomic E-state index is 0.0414. The highest BCUT2D eigenvalue weighted by Crippen LogP contribution is 2.28. The third kappa shape index (κ3) is 2.55. The van der Waals surface area contributed by atoms with Crippen molar-refractivity contribution in [2.45, 2.75) is 38.3 Å². The molecular weight excluding hydrogens is 284 g/mol. The molecule has 1 aliphatic heterocycles. The molecule has 94 valence electrons. The molecule has 1 fully saturated rings. The number of aromatic nitrogens is 1. The Morgan fingerprint density at radius 2 is 2.35 bits per heavy atom. The van der Waals surface area contributed by atoms with Crippen LogP contribution in [0.2, 0.25) is 0 Å². The van der Waals surface area contributed by atoms with Gasteiger partial charge in [0, 0.05) is 17.2 Å². The van der Waals surface area contributed by atoms with Crippen LogP contribution in [0.5, 0.6) is 0 Å². The molecule has 0 saturated carbocycles. The summed E-state index contributed by atoms with van der Waals surface area (Å²) in [6, 6.07) is 1.67. The highest BCUT2D eigenvalue weighted by Gasteiger charge is 2.38. The van der Waals surface area contributed by atoms with Crippen molar-refractivity contribution in [1.82, 2.24) is 9.88 Å². The SMILES string of the molecule is CC(C)(O)C1CCCN1C(=O)c1cc(Br)c[nH]1. The Labute approximate surface area is 109 Å². The summed E-state index contributed by atoms with van der Waals surface area (Å²) in [5.74, 6) is -0.0414. The van der Waals surface area contributed by atoms with Crippen molar-refractivity contribution < 1.29 is 9.90 Å². The average Bonchev–Trinajstić information content (AvgIpc) is 2.83. The number of carbonyl (C=O) groups is 1. The first-order valence-electron chi connectivity index (χ1n) is 5.77. The van der Waals surface area contributed by atoms with Crippen molar-refractivity contribution >= 4 is 21.8 Å². The normalized spacial score (nSPS) is 20.9. The zero-order valence-electron chi connectivity index (χ0n) is 10.0. The van der Waals surface area contributed by atoms with E-state index in [9.17, 15) is 9.90 Å². The standard InChI is InChI=1S/C12H17BrN2O2/c1-12(2,17)10-4-3-5-15(10)11(16)9-6-8(13)7-14-9/h6-7,10,14,17H,3-5H2,1-2H3. The van der Waals surface area contributed by atoms with Gasteiger partial charge >= 0.3 is 0 Å². The van der Waals surface area contributed by atoms with E-state index in [0.717, 1.165) is 17.3 Å². The van der Waals surface area contributed by atoms with Crippen LogP contribution in [0.4, 0.5) is 0 Å². The first-order chi connectivity index (χ1) is 7.89. The lowest BCUT2D eigenvalue weighted by Gasteiger charge is -2.33. The maximum Gasteiger partial charge on any atom is 0.270 e. The van der Waals surface area contributed by atoms with Crippen LogP contribution in [0, 0.1) is 0 Å². The van der Waals surface area contributed by atoms with E-state index in [1.54, 1.807) is 31.0 Å². The number of H-pyrrole nitrogens is 1. The number of aliphatic hydroxyl groups is 1. The van der Waals surface area contributed by atoms with Gasteiger partial charge in [-0.1, -0.05) is 0 Å². The van der Waals surface area contributed by atoms with Crippen molar-refractivity contribution in [3.8, 4) is 0 Å². The van der Waals surface area contributed by atoms with Crippen molar-refractivity contribution in [3.63, 3.8) is 0 Å². The molecule has 2 N–H and O–H groups in total. The largest absolute Gasteiger partial charge is 0.388 e. The Morgan fingerprint density at radius 3 is 2.88 bits per heavy atom. The quantitative estimate of drug-likeness (QED) is 0.879. The summed E-state index contributed by atoms with van der Waals surface area (Å²) < 4.78 is 0.861. The predicted molar refractivity (Wildman–Crippen MR) is 68.8 cm³/mol. The van der Waals surface area contributed by atoms with E-state index in [2.05, 4.69) is 20.9 Å². The lowest BCUT2D eigenvalue weighted by molar-refractivity contribution is 0.000144. The molecule has 0 radical (unpaired) electrons. The third-order valence-corrected chi connectivity index (χ3v) is 3.67. The van der Waals surface area contributed by atoms with E-state index in [1.807, 2.05) is 0 Å². The van der Waals surface area contributed by atoms with Crippen molar-refractivity contribution in [2.75, 3.05) is 6.54 Å². The molecule has 0 spiro atoms. The summed E-state index contributed by atoms with van der Waals surface area (Å²) in [6.45, 7) is 4.23. The van der Waals surface area contributed by atoms with Gasteiger partial charge < -0.3 is 15.0 Å². The van der Waals surface area contributed by atoms with E-state index in [0.29, 0.717) is 12.2 Å². The van der Waals surface area contributed by atoms with E-state index in [1.165, 1.54) is 0 Å². The molecular formula is C12H17BrN2O2. The number of nitrogens with one attached hydrogen (secondary N) is 1. The molecule has 1 atom stereocenters.